The van der Waals surface area contributed by atoms with Crippen molar-refractivity contribution < 1.29 is 14.6 Å². The number of carboxylic acid groups (broad SMARTS) is 1. The summed E-state index contributed by atoms with van der Waals surface area (Å²) in [6, 6.07) is 9.18. The summed E-state index contributed by atoms with van der Waals surface area (Å²) in [5.74, 6) is 0.267. The molecule has 1 unspecified atom stereocenters. The molecule has 4 heteroatoms. The summed E-state index contributed by atoms with van der Waals surface area (Å²) in [7, 11) is 0. The second-order valence-corrected chi connectivity index (χ2v) is 7.84. The molecule has 3 aliphatic rings. The highest BCUT2D eigenvalue weighted by Crippen LogP contribution is 2.47. The zero-order chi connectivity index (χ0) is 16.6. The van der Waals surface area contributed by atoms with Gasteiger partial charge in [0, 0.05) is 24.1 Å². The first-order valence-corrected chi connectivity index (χ1v) is 9.42. The van der Waals surface area contributed by atoms with Crippen molar-refractivity contribution in [2.24, 2.45) is 5.92 Å². The van der Waals surface area contributed by atoms with Crippen LogP contribution in [0.3, 0.4) is 0 Å². The Labute approximate surface area is 143 Å². The molecule has 0 bridgehead atoms. The first-order valence-electron chi connectivity index (χ1n) is 9.42. The standard InChI is InChI=1S/C20H27NO3/c22-19(23)14-7-9-15(10-8-14)21-17-13-20(11-3-4-12-20)24-18-6-2-1-5-16(17)18/h1-2,5-6,14-15,17,21H,3-4,7-13H2,(H,22,23). The van der Waals surface area contributed by atoms with Crippen LogP contribution in [0.1, 0.15) is 69.4 Å². The summed E-state index contributed by atoms with van der Waals surface area (Å²) in [5.41, 5.74) is 1.29. The minimum atomic E-state index is -0.630. The molecule has 1 aromatic rings. The maximum absolute atomic E-state index is 11.1. The summed E-state index contributed by atoms with van der Waals surface area (Å²) in [6.45, 7) is 0. The van der Waals surface area contributed by atoms with Crippen LogP contribution in [-0.4, -0.2) is 22.7 Å². The molecule has 2 aliphatic carbocycles. The summed E-state index contributed by atoms with van der Waals surface area (Å²) in [4.78, 5) is 11.1. The first kappa shape index (κ1) is 15.9. The van der Waals surface area contributed by atoms with Gasteiger partial charge < -0.3 is 15.2 Å². The number of carbonyl (C=O) groups is 1. The molecule has 0 radical (unpaired) electrons. The van der Waals surface area contributed by atoms with Crippen LogP contribution in [0.4, 0.5) is 0 Å². The Hall–Kier alpha value is -1.55. The van der Waals surface area contributed by atoms with Crippen molar-refractivity contribution in [2.75, 3.05) is 0 Å². The molecule has 0 amide bonds. The van der Waals surface area contributed by atoms with Crippen LogP contribution in [0.5, 0.6) is 5.75 Å². The number of nitrogens with one attached hydrogen (secondary N) is 1. The van der Waals surface area contributed by atoms with Crippen LogP contribution in [0.25, 0.3) is 0 Å². The van der Waals surface area contributed by atoms with Gasteiger partial charge in [0.25, 0.3) is 0 Å². The van der Waals surface area contributed by atoms with Crippen molar-refractivity contribution in [1.82, 2.24) is 5.32 Å². The predicted molar refractivity (Wildman–Crippen MR) is 92.1 cm³/mol. The molecular weight excluding hydrogens is 302 g/mol. The fourth-order valence-corrected chi connectivity index (χ4v) is 4.88. The molecule has 1 aliphatic heterocycles. The molecule has 1 atom stereocenters. The lowest BCUT2D eigenvalue weighted by Gasteiger charge is -2.42. The first-order chi connectivity index (χ1) is 11.7. The molecule has 1 aromatic carbocycles. The van der Waals surface area contributed by atoms with E-state index < -0.39 is 5.97 Å². The number of carboxylic acids is 1. The number of rotatable bonds is 3. The van der Waals surface area contributed by atoms with Gasteiger partial charge in [0.2, 0.25) is 0 Å². The maximum atomic E-state index is 11.1. The second-order valence-electron chi connectivity index (χ2n) is 7.84. The van der Waals surface area contributed by atoms with Crippen molar-refractivity contribution in [1.29, 1.82) is 0 Å². The van der Waals surface area contributed by atoms with Crippen molar-refractivity contribution in [2.45, 2.75) is 75.5 Å². The molecular formula is C20H27NO3. The van der Waals surface area contributed by atoms with Crippen LogP contribution in [0, 0.1) is 5.92 Å². The predicted octanol–water partition coefficient (Wildman–Crippen LogP) is 4.06. The van der Waals surface area contributed by atoms with Gasteiger partial charge in [0.15, 0.2) is 0 Å². The van der Waals surface area contributed by atoms with Crippen LogP contribution >= 0.6 is 0 Å². The van der Waals surface area contributed by atoms with Gasteiger partial charge in [-0.1, -0.05) is 18.2 Å². The van der Waals surface area contributed by atoms with Crippen LogP contribution in [0.15, 0.2) is 24.3 Å². The van der Waals surface area contributed by atoms with Gasteiger partial charge in [0.05, 0.1) is 5.92 Å². The average Bonchev–Trinajstić information content (AvgIpc) is 3.03. The minimum absolute atomic E-state index is 0.0181. The molecule has 4 nitrogen and oxygen atoms in total. The second kappa shape index (κ2) is 6.40. The van der Waals surface area contributed by atoms with Gasteiger partial charge in [-0.05, 0) is 57.4 Å². The molecule has 2 fully saturated rings. The highest BCUT2D eigenvalue weighted by molar-refractivity contribution is 5.70. The monoisotopic (exact) mass is 329 g/mol. The molecule has 1 spiro atoms. The van der Waals surface area contributed by atoms with Crippen molar-refractivity contribution in [3.8, 4) is 5.75 Å². The zero-order valence-electron chi connectivity index (χ0n) is 14.2. The molecule has 24 heavy (non-hydrogen) atoms. The van der Waals surface area contributed by atoms with E-state index >= 15 is 0 Å². The van der Waals surface area contributed by atoms with Gasteiger partial charge in [0.1, 0.15) is 11.4 Å². The number of fused-ring (bicyclic) bond motifs is 1. The van der Waals surface area contributed by atoms with E-state index in [1.54, 1.807) is 0 Å². The van der Waals surface area contributed by atoms with Crippen molar-refractivity contribution >= 4 is 5.97 Å². The fraction of sp³-hybridized carbons (Fsp3) is 0.650. The maximum Gasteiger partial charge on any atom is 0.306 e. The lowest BCUT2D eigenvalue weighted by Crippen LogP contribution is -2.45. The Bertz CT molecular complexity index is 601. The number of hydrogen-bond acceptors (Lipinski definition) is 3. The number of para-hydroxylation sites is 1. The Balaban J connectivity index is 1.49. The van der Waals surface area contributed by atoms with E-state index in [1.165, 1.54) is 18.4 Å². The SMILES string of the molecule is O=C(O)C1CCC(NC2CC3(CCCC3)Oc3ccccc32)CC1. The molecule has 2 N–H and O–H groups in total. The number of ether oxygens (including phenoxy) is 1. The Morgan fingerprint density at radius 3 is 2.54 bits per heavy atom. The lowest BCUT2D eigenvalue weighted by atomic mass is 9.82. The van der Waals surface area contributed by atoms with E-state index in [1.807, 2.05) is 0 Å². The Morgan fingerprint density at radius 1 is 1.12 bits per heavy atom. The zero-order valence-corrected chi connectivity index (χ0v) is 14.2. The minimum Gasteiger partial charge on any atom is -0.487 e. The highest BCUT2D eigenvalue weighted by atomic mass is 16.5. The molecule has 1 heterocycles. The van der Waals surface area contributed by atoms with Gasteiger partial charge in [-0.25, -0.2) is 0 Å². The van der Waals surface area contributed by atoms with E-state index in [2.05, 4.69) is 29.6 Å². The third-order valence-corrected chi connectivity index (χ3v) is 6.23. The quantitative estimate of drug-likeness (QED) is 0.878. The third kappa shape index (κ3) is 3.04. The molecule has 0 saturated heterocycles. The highest BCUT2D eigenvalue weighted by Gasteiger charge is 2.43. The lowest BCUT2D eigenvalue weighted by molar-refractivity contribution is -0.142. The van der Waals surface area contributed by atoms with E-state index in [0.29, 0.717) is 12.1 Å². The van der Waals surface area contributed by atoms with E-state index in [-0.39, 0.29) is 11.5 Å². The third-order valence-electron chi connectivity index (χ3n) is 6.23. The molecule has 0 aromatic heterocycles. The Kier molecular flexibility index (Phi) is 4.25. The number of aliphatic carboxylic acids is 1. The van der Waals surface area contributed by atoms with Crippen LogP contribution in [0.2, 0.25) is 0 Å². The largest absolute Gasteiger partial charge is 0.487 e. The summed E-state index contributed by atoms with van der Waals surface area (Å²) >= 11 is 0. The van der Waals surface area contributed by atoms with E-state index in [9.17, 15) is 9.90 Å². The van der Waals surface area contributed by atoms with E-state index in [4.69, 9.17) is 4.74 Å². The van der Waals surface area contributed by atoms with E-state index in [0.717, 1.165) is 50.7 Å². The summed E-state index contributed by atoms with van der Waals surface area (Å²) in [5, 5.41) is 13.0. The fourth-order valence-electron chi connectivity index (χ4n) is 4.88. The average molecular weight is 329 g/mol. The topological polar surface area (TPSA) is 58.6 Å². The summed E-state index contributed by atoms with van der Waals surface area (Å²) in [6.07, 6.45) is 9.40. The molecule has 4 rings (SSSR count). The molecule has 130 valence electrons. The Morgan fingerprint density at radius 2 is 1.83 bits per heavy atom. The summed E-state index contributed by atoms with van der Waals surface area (Å²) < 4.78 is 6.43. The number of benzene rings is 1. The van der Waals surface area contributed by atoms with Gasteiger partial charge in [-0.3, -0.25) is 4.79 Å². The van der Waals surface area contributed by atoms with Gasteiger partial charge in [-0.2, -0.15) is 0 Å². The van der Waals surface area contributed by atoms with Crippen molar-refractivity contribution in [3.05, 3.63) is 29.8 Å². The molecule has 2 saturated carbocycles. The van der Waals surface area contributed by atoms with Crippen molar-refractivity contribution in [3.63, 3.8) is 0 Å². The normalized spacial score (nSPS) is 31.4. The van der Waals surface area contributed by atoms with Gasteiger partial charge in [-0.15, -0.1) is 0 Å². The van der Waals surface area contributed by atoms with Crippen LogP contribution < -0.4 is 10.1 Å². The smallest absolute Gasteiger partial charge is 0.306 e. The van der Waals surface area contributed by atoms with Crippen LogP contribution in [-0.2, 0) is 4.79 Å². The van der Waals surface area contributed by atoms with Gasteiger partial charge >= 0.3 is 5.97 Å². The number of hydrogen-bond donors (Lipinski definition) is 2.